The van der Waals surface area contributed by atoms with Crippen LogP contribution in [0.15, 0.2) is 18.2 Å². The van der Waals surface area contributed by atoms with E-state index in [0.29, 0.717) is 35.9 Å². The van der Waals surface area contributed by atoms with Gasteiger partial charge in [-0.15, -0.1) is 0 Å². The fourth-order valence-electron chi connectivity index (χ4n) is 2.12. The van der Waals surface area contributed by atoms with Crippen LogP contribution in [0.4, 0.5) is 5.69 Å². The molecule has 1 atom stereocenters. The molecule has 126 valence electrons. The van der Waals surface area contributed by atoms with E-state index >= 15 is 0 Å². The van der Waals surface area contributed by atoms with E-state index in [1.54, 1.807) is 25.1 Å². The van der Waals surface area contributed by atoms with Crippen LogP contribution in [0, 0.1) is 17.2 Å². The molecule has 0 bridgehead atoms. The lowest BCUT2D eigenvalue weighted by Gasteiger charge is -2.26. The largest absolute Gasteiger partial charge is 0.493 e. The number of nitrogens with zero attached hydrogens (tertiary/aromatic N) is 1. The lowest BCUT2D eigenvalue weighted by atomic mass is 9.99. The van der Waals surface area contributed by atoms with Crippen molar-refractivity contribution in [2.24, 2.45) is 5.92 Å². The highest BCUT2D eigenvalue weighted by Crippen LogP contribution is 2.25. The van der Waals surface area contributed by atoms with E-state index in [4.69, 9.17) is 9.47 Å². The molecule has 0 unspecified atom stereocenters. The first-order chi connectivity index (χ1) is 10.9. The van der Waals surface area contributed by atoms with Crippen LogP contribution in [0.2, 0.25) is 0 Å². The Labute approximate surface area is 138 Å². The fourth-order valence-corrected chi connectivity index (χ4v) is 2.12. The first kappa shape index (κ1) is 19.0. The first-order valence-electron chi connectivity index (χ1n) is 7.89. The average molecular weight is 318 g/mol. The van der Waals surface area contributed by atoms with Crippen LogP contribution in [-0.2, 0) is 9.53 Å². The van der Waals surface area contributed by atoms with Gasteiger partial charge in [-0.2, -0.15) is 5.26 Å². The highest BCUT2D eigenvalue weighted by molar-refractivity contribution is 5.98. The third-order valence-corrected chi connectivity index (χ3v) is 3.60. The topological polar surface area (TPSA) is 71.3 Å². The molecular formula is C18H26N2O3. The second-order valence-electron chi connectivity index (χ2n) is 6.16. The van der Waals surface area contributed by atoms with Gasteiger partial charge in [0.25, 0.3) is 5.91 Å². The number of ether oxygens (including phenoxy) is 2. The van der Waals surface area contributed by atoms with Crippen LogP contribution >= 0.6 is 0 Å². The highest BCUT2D eigenvalue weighted by atomic mass is 16.5. The van der Waals surface area contributed by atoms with Crippen LogP contribution in [0.3, 0.4) is 0 Å². The van der Waals surface area contributed by atoms with E-state index in [9.17, 15) is 10.1 Å². The van der Waals surface area contributed by atoms with E-state index in [1.165, 1.54) is 7.11 Å². The summed E-state index contributed by atoms with van der Waals surface area (Å²) in [6, 6.07) is 7.18. The summed E-state index contributed by atoms with van der Waals surface area (Å²) in [6.07, 6.45) is 1.43. The molecule has 0 aromatic heterocycles. The zero-order chi connectivity index (χ0) is 17.5. The Bertz CT molecular complexity index is 578. The number of hydrogen-bond donors (Lipinski definition) is 1. The molecule has 0 saturated carbocycles. The van der Waals surface area contributed by atoms with Gasteiger partial charge in [-0.05, 0) is 37.5 Å². The van der Waals surface area contributed by atoms with Gasteiger partial charge in [-0.1, -0.05) is 27.2 Å². The molecule has 0 aliphatic rings. The molecule has 5 heteroatoms. The summed E-state index contributed by atoms with van der Waals surface area (Å²) in [5, 5.41) is 12.1. The minimum Gasteiger partial charge on any atom is -0.493 e. The monoisotopic (exact) mass is 318 g/mol. The van der Waals surface area contributed by atoms with Gasteiger partial charge in [-0.25, -0.2) is 0 Å². The van der Waals surface area contributed by atoms with Gasteiger partial charge in [0.2, 0.25) is 0 Å². The Hall–Kier alpha value is -2.06. The summed E-state index contributed by atoms with van der Waals surface area (Å²) in [5.74, 6) is 0.766. The van der Waals surface area contributed by atoms with Crippen molar-refractivity contribution < 1.29 is 14.3 Å². The van der Waals surface area contributed by atoms with Crippen LogP contribution in [0.5, 0.6) is 5.75 Å². The van der Waals surface area contributed by atoms with Gasteiger partial charge < -0.3 is 14.8 Å². The van der Waals surface area contributed by atoms with Crippen LogP contribution < -0.4 is 10.1 Å². The van der Waals surface area contributed by atoms with Crippen molar-refractivity contribution in [3.8, 4) is 11.8 Å². The maximum absolute atomic E-state index is 12.4. The van der Waals surface area contributed by atoms with E-state index in [1.807, 2.05) is 6.92 Å². The molecule has 0 radical (unpaired) electrons. The normalized spacial score (nSPS) is 13.3. The maximum Gasteiger partial charge on any atom is 0.256 e. The summed E-state index contributed by atoms with van der Waals surface area (Å²) in [5.41, 5.74) is -0.0720. The minimum absolute atomic E-state index is 0.255. The van der Waals surface area contributed by atoms with E-state index in [2.05, 4.69) is 25.2 Å². The second kappa shape index (κ2) is 8.54. The fraction of sp³-hybridized carbons (Fsp3) is 0.556. The standard InChI is InChI=1S/C18H26N2O3/c1-6-9-18(4,22-5)17(21)20-16-8-7-15(10-14(16)11-19)23-12-13(2)3/h7-8,10,13H,6,9,12H2,1-5H3,(H,20,21)/t18-/m0/s1. The molecule has 1 rings (SSSR count). The molecule has 0 aliphatic carbocycles. The lowest BCUT2D eigenvalue weighted by molar-refractivity contribution is -0.136. The van der Waals surface area contributed by atoms with Gasteiger partial charge in [-0.3, -0.25) is 4.79 Å². The number of benzene rings is 1. The first-order valence-corrected chi connectivity index (χ1v) is 7.89. The van der Waals surface area contributed by atoms with Gasteiger partial charge in [0.15, 0.2) is 0 Å². The third-order valence-electron chi connectivity index (χ3n) is 3.60. The summed E-state index contributed by atoms with van der Waals surface area (Å²) >= 11 is 0. The number of rotatable bonds is 8. The number of nitrogens with one attached hydrogen (secondary N) is 1. The number of amides is 1. The lowest BCUT2D eigenvalue weighted by Crippen LogP contribution is -2.41. The summed E-state index contributed by atoms with van der Waals surface area (Å²) in [7, 11) is 1.52. The van der Waals surface area contributed by atoms with E-state index in [0.717, 1.165) is 6.42 Å². The smallest absolute Gasteiger partial charge is 0.256 e. The molecule has 0 fully saturated rings. The maximum atomic E-state index is 12.4. The Balaban J connectivity index is 2.92. The Morgan fingerprint density at radius 2 is 2.13 bits per heavy atom. The summed E-state index contributed by atoms with van der Waals surface area (Å²) in [6.45, 7) is 8.43. The van der Waals surface area contributed by atoms with Crippen molar-refractivity contribution >= 4 is 11.6 Å². The molecule has 5 nitrogen and oxygen atoms in total. The molecular weight excluding hydrogens is 292 g/mol. The van der Waals surface area contributed by atoms with Crippen molar-refractivity contribution in [1.29, 1.82) is 5.26 Å². The number of carbonyl (C=O) groups excluding carboxylic acids is 1. The number of nitriles is 1. The summed E-state index contributed by atoms with van der Waals surface area (Å²) < 4.78 is 11.0. The number of anilines is 1. The van der Waals surface area contributed by atoms with Crippen molar-refractivity contribution in [1.82, 2.24) is 0 Å². The van der Waals surface area contributed by atoms with E-state index < -0.39 is 5.60 Å². The van der Waals surface area contributed by atoms with Gasteiger partial charge in [0.1, 0.15) is 17.4 Å². The van der Waals surface area contributed by atoms with Crippen LogP contribution in [-0.4, -0.2) is 25.2 Å². The van der Waals surface area contributed by atoms with E-state index in [-0.39, 0.29) is 5.91 Å². The molecule has 0 saturated heterocycles. The van der Waals surface area contributed by atoms with Gasteiger partial charge in [0.05, 0.1) is 17.9 Å². The Morgan fingerprint density at radius 3 is 2.65 bits per heavy atom. The molecule has 0 spiro atoms. The zero-order valence-corrected chi connectivity index (χ0v) is 14.6. The molecule has 1 amide bonds. The van der Waals surface area contributed by atoms with Crippen molar-refractivity contribution in [3.05, 3.63) is 23.8 Å². The minimum atomic E-state index is -0.908. The highest BCUT2D eigenvalue weighted by Gasteiger charge is 2.32. The Kier molecular flexibility index (Phi) is 7.05. The second-order valence-corrected chi connectivity index (χ2v) is 6.16. The molecule has 0 aliphatic heterocycles. The average Bonchev–Trinajstić information content (AvgIpc) is 2.53. The molecule has 1 aromatic carbocycles. The quantitative estimate of drug-likeness (QED) is 0.792. The predicted octanol–water partition coefficient (Wildman–Crippen LogP) is 3.74. The molecule has 1 aromatic rings. The van der Waals surface area contributed by atoms with Crippen LogP contribution in [0.1, 0.15) is 46.1 Å². The number of carbonyl (C=O) groups is 1. The zero-order valence-electron chi connectivity index (χ0n) is 14.6. The summed E-state index contributed by atoms with van der Waals surface area (Å²) in [4.78, 5) is 12.4. The third kappa shape index (κ3) is 5.26. The number of hydrogen-bond acceptors (Lipinski definition) is 4. The Morgan fingerprint density at radius 1 is 1.43 bits per heavy atom. The number of methoxy groups -OCH3 is 1. The molecule has 0 heterocycles. The van der Waals surface area contributed by atoms with Crippen molar-refractivity contribution in [3.63, 3.8) is 0 Å². The van der Waals surface area contributed by atoms with Gasteiger partial charge in [0, 0.05) is 7.11 Å². The SMILES string of the molecule is CCC[C@](C)(OC)C(=O)Nc1ccc(OCC(C)C)cc1C#N. The predicted molar refractivity (Wildman–Crippen MR) is 90.4 cm³/mol. The van der Waals surface area contributed by atoms with Crippen molar-refractivity contribution in [2.45, 2.75) is 46.1 Å². The van der Waals surface area contributed by atoms with Crippen LogP contribution in [0.25, 0.3) is 0 Å². The van der Waals surface area contributed by atoms with Gasteiger partial charge >= 0.3 is 0 Å². The van der Waals surface area contributed by atoms with Crippen molar-refractivity contribution in [2.75, 3.05) is 19.0 Å². The molecule has 23 heavy (non-hydrogen) atoms. The molecule has 1 N–H and O–H groups in total.